The number of anilines is 1. The van der Waals surface area contributed by atoms with E-state index < -0.39 is 6.10 Å². The quantitative estimate of drug-likeness (QED) is 0.597. The molecule has 2 atom stereocenters. The van der Waals surface area contributed by atoms with Gasteiger partial charge in [-0.2, -0.15) is 0 Å². The van der Waals surface area contributed by atoms with Crippen LogP contribution in [0.5, 0.6) is 0 Å². The van der Waals surface area contributed by atoms with E-state index in [1.54, 1.807) is 23.0 Å². The van der Waals surface area contributed by atoms with E-state index in [9.17, 15) is 14.7 Å². The maximum Gasteiger partial charge on any atom is 0.255 e. The van der Waals surface area contributed by atoms with E-state index in [-0.39, 0.29) is 22.9 Å². The van der Waals surface area contributed by atoms with Gasteiger partial charge in [0.1, 0.15) is 0 Å². The number of likely N-dealkylation sites (tertiary alicyclic amines) is 1. The molecule has 8 nitrogen and oxygen atoms in total. The average Bonchev–Trinajstić information content (AvgIpc) is 3.30. The number of rotatable bonds is 5. The summed E-state index contributed by atoms with van der Waals surface area (Å²) in [5.74, 6) is 0.968. The molecule has 3 aromatic rings. The fourth-order valence-electron chi connectivity index (χ4n) is 5.86. The number of aromatic nitrogens is 3. The van der Waals surface area contributed by atoms with Gasteiger partial charge in [0, 0.05) is 49.6 Å². The minimum Gasteiger partial charge on any atom is -0.387 e. The van der Waals surface area contributed by atoms with Crippen molar-refractivity contribution in [3.63, 3.8) is 0 Å². The molecule has 1 spiro atoms. The van der Waals surface area contributed by atoms with Gasteiger partial charge in [0.05, 0.1) is 23.9 Å². The van der Waals surface area contributed by atoms with Crippen LogP contribution in [0.15, 0.2) is 65.7 Å². The second-order valence-corrected chi connectivity index (χ2v) is 10.3. The molecule has 1 unspecified atom stereocenters. The molecule has 1 saturated heterocycles. The zero-order valence-electron chi connectivity index (χ0n) is 20.3. The molecule has 2 aliphatic heterocycles. The molecule has 1 aromatic carbocycles. The van der Waals surface area contributed by atoms with E-state index >= 15 is 0 Å². The van der Waals surface area contributed by atoms with Crippen molar-refractivity contribution in [2.45, 2.75) is 50.3 Å². The Morgan fingerprint density at radius 1 is 1.08 bits per heavy atom. The number of hydrogen-bond acceptors (Lipinski definition) is 6. The molecule has 2 fully saturated rings. The first-order valence-corrected chi connectivity index (χ1v) is 12.9. The summed E-state index contributed by atoms with van der Waals surface area (Å²) in [7, 11) is 0. The number of pyridine rings is 1. The molecule has 0 bridgehead atoms. The molecule has 186 valence electrons. The lowest BCUT2D eigenvalue weighted by atomic mass is 9.84. The summed E-state index contributed by atoms with van der Waals surface area (Å²) in [6.07, 6.45) is 7.23. The van der Waals surface area contributed by atoms with Crippen molar-refractivity contribution in [1.82, 2.24) is 19.4 Å². The van der Waals surface area contributed by atoms with Crippen LogP contribution in [-0.4, -0.2) is 55.6 Å². The largest absolute Gasteiger partial charge is 0.387 e. The minimum absolute atomic E-state index is 0.110. The Morgan fingerprint density at radius 3 is 2.56 bits per heavy atom. The number of nitrogens with zero attached hydrogens (tertiary/aromatic N) is 5. The van der Waals surface area contributed by atoms with Crippen LogP contribution in [0, 0.1) is 5.92 Å². The van der Waals surface area contributed by atoms with E-state index in [1.807, 2.05) is 47.4 Å². The van der Waals surface area contributed by atoms with Gasteiger partial charge in [0.15, 0.2) is 0 Å². The van der Waals surface area contributed by atoms with E-state index in [1.165, 1.54) is 0 Å². The molecule has 36 heavy (non-hydrogen) atoms. The lowest BCUT2D eigenvalue weighted by Gasteiger charge is -2.47. The lowest BCUT2D eigenvalue weighted by molar-refractivity contribution is -0.137. The highest BCUT2D eigenvalue weighted by Crippen LogP contribution is 2.41. The fourth-order valence-corrected chi connectivity index (χ4v) is 5.86. The van der Waals surface area contributed by atoms with Gasteiger partial charge in [-0.15, -0.1) is 0 Å². The molecule has 8 heteroatoms. The van der Waals surface area contributed by atoms with Gasteiger partial charge in [0.25, 0.3) is 5.56 Å². The third-order valence-corrected chi connectivity index (χ3v) is 8.22. The van der Waals surface area contributed by atoms with E-state index in [0.717, 1.165) is 43.2 Å². The SMILES string of the molecule is O=C(C1CCC1)N1CCC2(CCn3c(nc(-c4ccncc4)cc3=O)N2C[C@H](O)c2ccccc2)C1. The standard InChI is InChI=1S/C28H31N5O3/c34-24(21-5-2-1-3-6-21)18-33-27-30-23(20-9-13-29-14-10-20)17-25(35)32(27)16-12-28(33)11-15-31(19-28)26(36)22-7-4-8-22/h1-3,5-6,9-10,13-14,17,22,24,34H,4,7-8,11-12,15-16,18-19H2/t24-,28?/m0/s1. The van der Waals surface area contributed by atoms with Crippen molar-refractivity contribution in [3.05, 3.63) is 76.8 Å². The summed E-state index contributed by atoms with van der Waals surface area (Å²) in [4.78, 5) is 39.5. The van der Waals surface area contributed by atoms with Crippen molar-refractivity contribution < 1.29 is 9.90 Å². The monoisotopic (exact) mass is 485 g/mol. The smallest absolute Gasteiger partial charge is 0.255 e. The van der Waals surface area contributed by atoms with Crippen LogP contribution in [0.4, 0.5) is 5.95 Å². The Hall–Kier alpha value is -3.52. The van der Waals surface area contributed by atoms with Gasteiger partial charge in [-0.05, 0) is 43.4 Å². The van der Waals surface area contributed by atoms with Crippen LogP contribution >= 0.6 is 0 Å². The maximum absolute atomic E-state index is 13.2. The van der Waals surface area contributed by atoms with Crippen LogP contribution in [0.25, 0.3) is 11.3 Å². The molecule has 1 amide bonds. The average molecular weight is 486 g/mol. The van der Waals surface area contributed by atoms with Gasteiger partial charge in [-0.3, -0.25) is 19.1 Å². The predicted octanol–water partition coefficient (Wildman–Crippen LogP) is 3.02. The Balaban J connectivity index is 1.40. The number of fused-ring (bicyclic) bond motifs is 1. The summed E-state index contributed by atoms with van der Waals surface area (Å²) < 4.78 is 1.71. The van der Waals surface area contributed by atoms with Gasteiger partial charge < -0.3 is 14.9 Å². The zero-order chi connectivity index (χ0) is 24.7. The number of benzene rings is 1. The number of amides is 1. The second-order valence-electron chi connectivity index (χ2n) is 10.3. The van der Waals surface area contributed by atoms with Crippen LogP contribution in [0.2, 0.25) is 0 Å². The number of aliphatic hydroxyl groups excluding tert-OH is 1. The highest BCUT2D eigenvalue weighted by molar-refractivity contribution is 5.80. The van der Waals surface area contributed by atoms with Crippen molar-refractivity contribution >= 4 is 11.9 Å². The van der Waals surface area contributed by atoms with Crippen LogP contribution in [0.1, 0.15) is 43.8 Å². The Labute approximate surface area is 210 Å². The van der Waals surface area contributed by atoms with Crippen LogP contribution in [-0.2, 0) is 11.3 Å². The van der Waals surface area contributed by atoms with E-state index in [4.69, 9.17) is 4.98 Å². The second kappa shape index (κ2) is 9.17. The summed E-state index contributed by atoms with van der Waals surface area (Å²) in [6, 6.07) is 14.8. The molecule has 4 heterocycles. The third kappa shape index (κ3) is 3.99. The fraction of sp³-hybridized carbons (Fsp3) is 0.429. The summed E-state index contributed by atoms with van der Waals surface area (Å²) >= 11 is 0. The summed E-state index contributed by atoms with van der Waals surface area (Å²) in [6.45, 7) is 2.13. The molecule has 1 saturated carbocycles. The number of β-amino-alcohol motifs (C(OH)–C–C–N with tert-alkyl or cyclic N) is 1. The molecular formula is C28H31N5O3. The predicted molar refractivity (Wildman–Crippen MR) is 136 cm³/mol. The highest BCUT2D eigenvalue weighted by atomic mass is 16.3. The molecule has 0 radical (unpaired) electrons. The van der Waals surface area contributed by atoms with E-state index in [0.29, 0.717) is 37.8 Å². The summed E-state index contributed by atoms with van der Waals surface area (Å²) in [5, 5.41) is 11.3. The normalized spacial score (nSPS) is 22.4. The van der Waals surface area contributed by atoms with E-state index in [2.05, 4.69) is 9.88 Å². The van der Waals surface area contributed by atoms with Crippen molar-refractivity contribution in [2.75, 3.05) is 24.5 Å². The Morgan fingerprint density at radius 2 is 1.83 bits per heavy atom. The number of carbonyl (C=O) groups is 1. The van der Waals surface area contributed by atoms with Crippen molar-refractivity contribution in [2.24, 2.45) is 5.92 Å². The molecular weight excluding hydrogens is 454 g/mol. The zero-order valence-corrected chi connectivity index (χ0v) is 20.3. The van der Waals surface area contributed by atoms with Gasteiger partial charge in [-0.25, -0.2) is 4.98 Å². The van der Waals surface area contributed by atoms with Crippen LogP contribution < -0.4 is 10.5 Å². The van der Waals surface area contributed by atoms with Crippen molar-refractivity contribution in [3.8, 4) is 11.3 Å². The number of carbonyl (C=O) groups excluding carboxylic acids is 1. The first-order valence-electron chi connectivity index (χ1n) is 12.9. The van der Waals surface area contributed by atoms with Gasteiger partial charge in [0.2, 0.25) is 11.9 Å². The number of aliphatic hydroxyl groups is 1. The van der Waals surface area contributed by atoms with Crippen LogP contribution in [0.3, 0.4) is 0 Å². The minimum atomic E-state index is -0.757. The molecule has 1 N–H and O–H groups in total. The molecule has 3 aliphatic rings. The molecule has 1 aliphatic carbocycles. The molecule has 2 aromatic heterocycles. The lowest BCUT2D eigenvalue weighted by Crippen LogP contribution is -2.58. The van der Waals surface area contributed by atoms with Crippen molar-refractivity contribution in [1.29, 1.82) is 0 Å². The maximum atomic E-state index is 13.2. The Kier molecular flexibility index (Phi) is 5.84. The Bertz CT molecular complexity index is 1310. The third-order valence-electron chi connectivity index (χ3n) is 8.22. The highest BCUT2D eigenvalue weighted by Gasteiger charge is 2.49. The van der Waals surface area contributed by atoms with Gasteiger partial charge in [-0.1, -0.05) is 36.8 Å². The first-order chi connectivity index (χ1) is 17.5. The topological polar surface area (TPSA) is 91.6 Å². The molecule has 6 rings (SSSR count). The number of hydrogen-bond donors (Lipinski definition) is 1. The summed E-state index contributed by atoms with van der Waals surface area (Å²) in [5.41, 5.74) is 1.75. The first kappa shape index (κ1) is 22.9. The van der Waals surface area contributed by atoms with Gasteiger partial charge >= 0.3 is 0 Å².